The third-order valence-corrected chi connectivity index (χ3v) is 6.08. The van der Waals surface area contributed by atoms with E-state index in [-0.39, 0.29) is 24.4 Å². The maximum absolute atomic E-state index is 12.3. The molecule has 2 N–H and O–H groups in total. The Hall–Kier alpha value is -0.650. The number of hydrogen-bond donors (Lipinski definition) is 2. The molecule has 0 aromatic heterocycles. The highest BCUT2D eigenvalue weighted by Gasteiger charge is 2.33. The molecule has 0 spiro atoms. The first-order chi connectivity index (χ1) is 12.2. The average molecular weight is 354 g/mol. The number of carbonyl (C=O) groups is 1. The first-order valence-electron chi connectivity index (χ1n) is 10.4. The minimum atomic E-state index is -0.358. The molecule has 0 radical (unpaired) electrons. The van der Waals surface area contributed by atoms with Crippen LogP contribution in [0.15, 0.2) is 0 Å². The van der Waals surface area contributed by atoms with Crippen LogP contribution >= 0.6 is 0 Å². The Balaban J connectivity index is 1.36. The van der Waals surface area contributed by atoms with Gasteiger partial charge in [-0.15, -0.1) is 0 Å². The van der Waals surface area contributed by atoms with E-state index in [1.54, 1.807) is 0 Å². The highest BCUT2D eigenvalue weighted by molar-refractivity contribution is 5.76. The van der Waals surface area contributed by atoms with Gasteiger partial charge >= 0.3 is 5.97 Å². The van der Waals surface area contributed by atoms with E-state index in [1.165, 1.54) is 38.5 Å². The van der Waals surface area contributed by atoms with Crippen molar-refractivity contribution in [3.05, 3.63) is 0 Å². The number of aliphatic hydroxyl groups excluding tert-OH is 1. The molecular formula is C20H35NO4. The summed E-state index contributed by atoms with van der Waals surface area (Å²) < 4.78 is 11.0. The monoisotopic (exact) mass is 353 g/mol. The maximum atomic E-state index is 12.3. The van der Waals surface area contributed by atoms with Crippen LogP contribution in [0.4, 0.5) is 0 Å². The fourth-order valence-corrected chi connectivity index (χ4v) is 4.65. The Bertz CT molecular complexity index is 403. The Labute approximate surface area is 151 Å². The van der Waals surface area contributed by atoms with Crippen LogP contribution in [0.25, 0.3) is 0 Å². The largest absolute Gasteiger partial charge is 0.435 e. The van der Waals surface area contributed by atoms with Crippen molar-refractivity contribution < 1.29 is 19.4 Å². The van der Waals surface area contributed by atoms with E-state index >= 15 is 0 Å². The lowest BCUT2D eigenvalue weighted by atomic mass is 9.89. The summed E-state index contributed by atoms with van der Waals surface area (Å²) in [5, 5.41) is 13.7. The molecule has 3 fully saturated rings. The van der Waals surface area contributed by atoms with Gasteiger partial charge in [-0.1, -0.05) is 38.5 Å². The van der Waals surface area contributed by atoms with Crippen LogP contribution < -0.4 is 5.32 Å². The molecule has 0 aromatic carbocycles. The third-order valence-electron chi connectivity index (χ3n) is 6.08. The van der Waals surface area contributed by atoms with Gasteiger partial charge in [-0.2, -0.15) is 0 Å². The van der Waals surface area contributed by atoms with E-state index in [0.29, 0.717) is 18.4 Å². The summed E-state index contributed by atoms with van der Waals surface area (Å²) in [5.41, 5.74) is 0. The first kappa shape index (κ1) is 19.1. The Morgan fingerprint density at radius 2 is 1.76 bits per heavy atom. The van der Waals surface area contributed by atoms with Gasteiger partial charge in [-0.3, -0.25) is 4.79 Å². The van der Waals surface area contributed by atoms with Crippen molar-refractivity contribution in [3.63, 3.8) is 0 Å². The number of esters is 1. The van der Waals surface area contributed by atoms with Crippen molar-refractivity contribution >= 4 is 5.97 Å². The summed E-state index contributed by atoms with van der Waals surface area (Å²) in [4.78, 5) is 12.3. The molecule has 2 aliphatic heterocycles. The minimum Gasteiger partial charge on any atom is -0.435 e. The summed E-state index contributed by atoms with van der Waals surface area (Å²) in [6.07, 6.45) is 12.7. The van der Waals surface area contributed by atoms with Crippen LogP contribution in [-0.2, 0) is 14.3 Å². The molecule has 3 unspecified atom stereocenters. The van der Waals surface area contributed by atoms with E-state index in [1.807, 2.05) is 0 Å². The Morgan fingerprint density at radius 1 is 1.04 bits per heavy atom. The quantitative estimate of drug-likeness (QED) is 0.567. The van der Waals surface area contributed by atoms with Gasteiger partial charge in [0.05, 0.1) is 12.7 Å². The van der Waals surface area contributed by atoms with Crippen LogP contribution in [0.1, 0.15) is 77.0 Å². The fraction of sp³-hybridized carbons (Fsp3) is 0.950. The second-order valence-corrected chi connectivity index (χ2v) is 8.28. The van der Waals surface area contributed by atoms with Crippen molar-refractivity contribution in [1.29, 1.82) is 0 Å². The van der Waals surface area contributed by atoms with Crippen LogP contribution in [0, 0.1) is 11.8 Å². The van der Waals surface area contributed by atoms with Crippen molar-refractivity contribution in [2.45, 2.75) is 95.5 Å². The van der Waals surface area contributed by atoms with Gasteiger partial charge < -0.3 is 19.9 Å². The van der Waals surface area contributed by atoms with Gasteiger partial charge in [0.15, 0.2) is 0 Å². The van der Waals surface area contributed by atoms with Gasteiger partial charge in [0.25, 0.3) is 0 Å². The molecule has 3 rings (SSSR count). The lowest BCUT2D eigenvalue weighted by Crippen LogP contribution is -2.36. The summed E-state index contributed by atoms with van der Waals surface area (Å²) in [5.74, 6) is 0.870. The molecule has 0 aromatic rings. The fourth-order valence-electron chi connectivity index (χ4n) is 4.65. The third kappa shape index (κ3) is 6.22. The number of aliphatic hydroxyl groups is 1. The zero-order valence-electron chi connectivity index (χ0n) is 15.5. The second kappa shape index (κ2) is 9.89. The lowest BCUT2D eigenvalue weighted by Gasteiger charge is -2.24. The van der Waals surface area contributed by atoms with Crippen molar-refractivity contribution in [2.75, 3.05) is 13.2 Å². The SMILES string of the molecule is O=C(OC1CCCCO1)[C@@H]1CC(CC(O)CC2CCCCCC2)CN1. The molecule has 144 valence electrons. The van der Waals surface area contributed by atoms with Crippen LogP contribution in [0.5, 0.6) is 0 Å². The molecule has 0 amide bonds. The summed E-state index contributed by atoms with van der Waals surface area (Å²) in [6, 6.07) is -0.236. The van der Waals surface area contributed by atoms with E-state index in [2.05, 4.69) is 5.32 Å². The first-order valence-corrected chi connectivity index (χ1v) is 10.4. The summed E-state index contributed by atoms with van der Waals surface area (Å²) in [7, 11) is 0. The topological polar surface area (TPSA) is 67.8 Å². The molecule has 5 nitrogen and oxygen atoms in total. The summed E-state index contributed by atoms with van der Waals surface area (Å²) in [6.45, 7) is 1.49. The highest BCUT2D eigenvalue weighted by atomic mass is 16.7. The smallest absolute Gasteiger partial charge is 0.325 e. The standard InChI is InChI=1S/C20H35NO4/c22-17(11-15-7-3-1-2-4-8-15)12-16-13-18(21-14-16)20(23)25-19-9-5-6-10-24-19/h15-19,21-22H,1-14H2/t16?,17?,18-,19?/m0/s1. The van der Waals surface area contributed by atoms with E-state index in [0.717, 1.165) is 45.1 Å². The number of hydrogen-bond acceptors (Lipinski definition) is 5. The zero-order valence-corrected chi connectivity index (χ0v) is 15.5. The predicted octanol–water partition coefficient (Wildman–Crippen LogP) is 3.15. The molecule has 2 heterocycles. The van der Waals surface area contributed by atoms with Gasteiger partial charge in [-0.25, -0.2) is 0 Å². The van der Waals surface area contributed by atoms with Crippen LogP contribution in [0.3, 0.4) is 0 Å². The van der Waals surface area contributed by atoms with Gasteiger partial charge in [0.2, 0.25) is 6.29 Å². The van der Waals surface area contributed by atoms with Crippen molar-refractivity contribution in [2.24, 2.45) is 11.8 Å². The van der Waals surface area contributed by atoms with Crippen molar-refractivity contribution in [1.82, 2.24) is 5.32 Å². The molecule has 25 heavy (non-hydrogen) atoms. The maximum Gasteiger partial charge on any atom is 0.325 e. The number of ether oxygens (including phenoxy) is 2. The average Bonchev–Trinajstić information content (AvgIpc) is 2.92. The molecule has 1 saturated carbocycles. The molecule has 5 heteroatoms. The molecular weight excluding hydrogens is 318 g/mol. The van der Waals surface area contributed by atoms with Crippen molar-refractivity contribution in [3.8, 4) is 0 Å². The molecule has 2 saturated heterocycles. The predicted molar refractivity (Wildman–Crippen MR) is 96.0 cm³/mol. The second-order valence-electron chi connectivity index (χ2n) is 8.28. The summed E-state index contributed by atoms with van der Waals surface area (Å²) >= 11 is 0. The molecule has 4 atom stereocenters. The number of carbonyl (C=O) groups excluding carboxylic acids is 1. The number of rotatable bonds is 6. The normalized spacial score (nSPS) is 32.9. The van der Waals surface area contributed by atoms with E-state index in [4.69, 9.17) is 9.47 Å². The van der Waals surface area contributed by atoms with E-state index in [9.17, 15) is 9.90 Å². The van der Waals surface area contributed by atoms with Gasteiger partial charge in [-0.05, 0) is 50.5 Å². The van der Waals surface area contributed by atoms with Gasteiger partial charge in [0.1, 0.15) is 6.04 Å². The van der Waals surface area contributed by atoms with E-state index < -0.39 is 0 Å². The van der Waals surface area contributed by atoms with Gasteiger partial charge in [0, 0.05) is 6.42 Å². The van der Waals surface area contributed by atoms with Crippen LogP contribution in [-0.4, -0.2) is 42.7 Å². The Morgan fingerprint density at radius 3 is 2.48 bits per heavy atom. The minimum absolute atomic E-state index is 0.187. The van der Waals surface area contributed by atoms with Crippen LogP contribution in [0.2, 0.25) is 0 Å². The Kier molecular flexibility index (Phi) is 7.56. The molecule has 0 bridgehead atoms. The highest BCUT2D eigenvalue weighted by Crippen LogP contribution is 2.29. The lowest BCUT2D eigenvalue weighted by molar-refractivity contribution is -0.188. The zero-order chi connectivity index (χ0) is 17.5. The molecule has 3 aliphatic rings. The number of nitrogens with one attached hydrogen (secondary N) is 1. The molecule has 1 aliphatic carbocycles.